The summed E-state index contributed by atoms with van der Waals surface area (Å²) in [5.41, 5.74) is 2.08. The van der Waals surface area contributed by atoms with Crippen LogP contribution in [-0.2, 0) is 4.79 Å². The van der Waals surface area contributed by atoms with Crippen LogP contribution in [-0.4, -0.2) is 12.1 Å². The van der Waals surface area contributed by atoms with Crippen molar-refractivity contribution in [3.63, 3.8) is 0 Å². The lowest BCUT2D eigenvalue weighted by molar-refractivity contribution is -0.104. The molecule has 1 aromatic carbocycles. The molecule has 0 aliphatic rings. The van der Waals surface area contributed by atoms with Crippen LogP contribution in [0.1, 0.15) is 22.8 Å². The van der Waals surface area contributed by atoms with E-state index in [9.17, 15) is 9.59 Å². The highest BCUT2D eigenvalue weighted by Gasteiger charge is 2.08. The first-order chi connectivity index (χ1) is 9.22. The SMILES string of the molecule is C=C/C=C(\C=C/C)C(=O)c1ccc(/C=C/C=O)cc1. The van der Waals surface area contributed by atoms with Gasteiger partial charge in [-0.25, -0.2) is 0 Å². The highest BCUT2D eigenvalue weighted by Crippen LogP contribution is 2.12. The molecule has 19 heavy (non-hydrogen) atoms. The summed E-state index contributed by atoms with van der Waals surface area (Å²) in [6.07, 6.45) is 10.7. The molecule has 0 amide bonds. The molecule has 0 heterocycles. The monoisotopic (exact) mass is 252 g/mol. The topological polar surface area (TPSA) is 34.1 Å². The molecule has 0 aliphatic heterocycles. The van der Waals surface area contributed by atoms with E-state index < -0.39 is 0 Å². The Labute approximate surface area is 113 Å². The van der Waals surface area contributed by atoms with Crippen molar-refractivity contribution in [3.8, 4) is 0 Å². The van der Waals surface area contributed by atoms with E-state index in [1.165, 1.54) is 6.08 Å². The van der Waals surface area contributed by atoms with Crippen LogP contribution >= 0.6 is 0 Å². The lowest BCUT2D eigenvalue weighted by Gasteiger charge is -2.02. The van der Waals surface area contributed by atoms with E-state index in [1.54, 1.807) is 48.6 Å². The van der Waals surface area contributed by atoms with Gasteiger partial charge in [0.15, 0.2) is 5.78 Å². The van der Waals surface area contributed by atoms with Gasteiger partial charge in [-0.1, -0.05) is 61.2 Å². The Balaban J connectivity index is 2.99. The molecule has 0 saturated carbocycles. The molecule has 0 aromatic heterocycles. The predicted molar refractivity (Wildman–Crippen MR) is 79.0 cm³/mol. The molecule has 0 saturated heterocycles. The molecule has 1 aromatic rings. The summed E-state index contributed by atoms with van der Waals surface area (Å²) >= 11 is 0. The molecule has 0 bridgehead atoms. The van der Waals surface area contributed by atoms with Crippen molar-refractivity contribution in [2.24, 2.45) is 0 Å². The first-order valence-electron chi connectivity index (χ1n) is 5.95. The summed E-state index contributed by atoms with van der Waals surface area (Å²) in [5.74, 6) is -0.0519. The number of ketones is 1. The summed E-state index contributed by atoms with van der Waals surface area (Å²) in [7, 11) is 0. The minimum atomic E-state index is -0.0519. The zero-order valence-electron chi connectivity index (χ0n) is 10.9. The first-order valence-corrected chi connectivity index (χ1v) is 5.95. The van der Waals surface area contributed by atoms with Crippen LogP contribution in [0.2, 0.25) is 0 Å². The van der Waals surface area contributed by atoms with Crippen molar-refractivity contribution >= 4 is 18.1 Å². The summed E-state index contributed by atoms with van der Waals surface area (Å²) < 4.78 is 0. The van der Waals surface area contributed by atoms with Gasteiger partial charge >= 0.3 is 0 Å². The quantitative estimate of drug-likeness (QED) is 0.334. The number of rotatable bonds is 6. The Bertz CT molecular complexity index is 543. The molecule has 1 rings (SSSR count). The molecule has 0 fully saturated rings. The molecule has 0 atom stereocenters. The van der Waals surface area contributed by atoms with Crippen molar-refractivity contribution in [3.05, 3.63) is 77.9 Å². The van der Waals surface area contributed by atoms with Crippen LogP contribution in [0.15, 0.2) is 66.8 Å². The van der Waals surface area contributed by atoms with Crippen LogP contribution in [0.5, 0.6) is 0 Å². The summed E-state index contributed by atoms with van der Waals surface area (Å²) in [6, 6.07) is 7.09. The minimum Gasteiger partial charge on any atom is -0.299 e. The van der Waals surface area contributed by atoms with Crippen LogP contribution < -0.4 is 0 Å². The molecule has 96 valence electrons. The second kappa shape index (κ2) is 7.77. The number of allylic oxidation sites excluding steroid dienone is 6. The third kappa shape index (κ3) is 4.36. The average molecular weight is 252 g/mol. The number of hydrogen-bond donors (Lipinski definition) is 0. The lowest BCUT2D eigenvalue weighted by atomic mass is 10.0. The van der Waals surface area contributed by atoms with Crippen molar-refractivity contribution in [2.45, 2.75) is 6.92 Å². The van der Waals surface area contributed by atoms with E-state index in [0.717, 1.165) is 11.8 Å². The van der Waals surface area contributed by atoms with Gasteiger partial charge in [0.05, 0.1) is 0 Å². The van der Waals surface area contributed by atoms with E-state index in [0.29, 0.717) is 11.1 Å². The first kappa shape index (κ1) is 14.6. The van der Waals surface area contributed by atoms with Gasteiger partial charge in [-0.2, -0.15) is 0 Å². The maximum absolute atomic E-state index is 12.2. The third-order valence-corrected chi connectivity index (χ3v) is 2.45. The Morgan fingerprint density at radius 3 is 2.42 bits per heavy atom. The second-order valence-corrected chi connectivity index (χ2v) is 3.80. The summed E-state index contributed by atoms with van der Waals surface area (Å²) in [6.45, 7) is 5.46. The van der Waals surface area contributed by atoms with Crippen molar-refractivity contribution in [2.75, 3.05) is 0 Å². The zero-order chi connectivity index (χ0) is 14.1. The largest absolute Gasteiger partial charge is 0.299 e. The van der Waals surface area contributed by atoms with Crippen molar-refractivity contribution in [1.29, 1.82) is 0 Å². The third-order valence-electron chi connectivity index (χ3n) is 2.45. The molecule has 2 nitrogen and oxygen atoms in total. The van der Waals surface area contributed by atoms with Gasteiger partial charge in [0.25, 0.3) is 0 Å². The highest BCUT2D eigenvalue weighted by molar-refractivity contribution is 6.10. The molecular weight excluding hydrogens is 236 g/mol. The van der Waals surface area contributed by atoms with Crippen LogP contribution in [0.4, 0.5) is 0 Å². The van der Waals surface area contributed by atoms with Gasteiger partial charge in [-0.05, 0) is 18.6 Å². The maximum Gasteiger partial charge on any atom is 0.193 e. The number of Topliss-reactive ketones (excluding diaryl/α,β-unsaturated/α-hetero) is 1. The Hall–Kier alpha value is -2.48. The van der Waals surface area contributed by atoms with E-state index in [1.807, 2.05) is 13.0 Å². The molecule has 0 N–H and O–H groups in total. The number of hydrogen-bond acceptors (Lipinski definition) is 2. The Kier molecular flexibility index (Phi) is 5.96. The number of benzene rings is 1. The van der Waals surface area contributed by atoms with Gasteiger partial charge in [-0.3, -0.25) is 9.59 Å². The minimum absolute atomic E-state index is 0.0519. The Morgan fingerprint density at radius 1 is 1.21 bits per heavy atom. The summed E-state index contributed by atoms with van der Waals surface area (Å²) in [5, 5.41) is 0. The van der Waals surface area contributed by atoms with Gasteiger partial charge < -0.3 is 0 Å². The molecule has 0 aliphatic carbocycles. The van der Waals surface area contributed by atoms with Gasteiger partial charge in [0, 0.05) is 11.1 Å². The Morgan fingerprint density at radius 2 is 1.89 bits per heavy atom. The maximum atomic E-state index is 12.2. The fraction of sp³-hybridized carbons (Fsp3) is 0.0588. The van der Waals surface area contributed by atoms with Crippen LogP contribution in [0.25, 0.3) is 6.08 Å². The predicted octanol–water partition coefficient (Wildman–Crippen LogP) is 3.77. The van der Waals surface area contributed by atoms with Crippen LogP contribution in [0, 0.1) is 0 Å². The van der Waals surface area contributed by atoms with E-state index in [4.69, 9.17) is 0 Å². The highest BCUT2D eigenvalue weighted by atomic mass is 16.1. The van der Waals surface area contributed by atoms with Crippen LogP contribution in [0.3, 0.4) is 0 Å². The average Bonchev–Trinajstić information content (AvgIpc) is 2.44. The van der Waals surface area contributed by atoms with Crippen molar-refractivity contribution in [1.82, 2.24) is 0 Å². The van der Waals surface area contributed by atoms with Gasteiger partial charge in [0.2, 0.25) is 0 Å². The molecule has 0 radical (unpaired) electrons. The molecule has 2 heteroatoms. The molecule has 0 unspecified atom stereocenters. The zero-order valence-corrected chi connectivity index (χ0v) is 10.9. The van der Waals surface area contributed by atoms with Gasteiger partial charge in [0.1, 0.15) is 6.29 Å². The standard InChI is InChI=1S/C17H16O2/c1-3-6-15(7-4-2)17(19)16-11-9-14(10-12-16)8-5-13-18/h3-13H,1H2,2H3/b7-4-,8-5+,15-6+. The van der Waals surface area contributed by atoms with E-state index in [-0.39, 0.29) is 5.78 Å². The number of carbonyl (C=O) groups is 2. The fourth-order valence-corrected chi connectivity index (χ4v) is 1.58. The number of aldehydes is 1. The summed E-state index contributed by atoms with van der Waals surface area (Å²) in [4.78, 5) is 22.4. The number of carbonyl (C=O) groups excluding carboxylic acids is 2. The molecular formula is C17H16O2. The lowest BCUT2D eigenvalue weighted by Crippen LogP contribution is -2.01. The smallest absolute Gasteiger partial charge is 0.193 e. The van der Waals surface area contributed by atoms with Gasteiger partial charge in [-0.15, -0.1) is 0 Å². The van der Waals surface area contributed by atoms with Crippen molar-refractivity contribution < 1.29 is 9.59 Å². The van der Waals surface area contributed by atoms with E-state index in [2.05, 4.69) is 6.58 Å². The van der Waals surface area contributed by atoms with E-state index >= 15 is 0 Å². The molecule has 0 spiro atoms. The fourth-order valence-electron chi connectivity index (χ4n) is 1.58. The normalized spacial score (nSPS) is 11.9. The second-order valence-electron chi connectivity index (χ2n) is 3.80.